The Morgan fingerprint density at radius 1 is 0.744 bits per heavy atom. The lowest BCUT2D eigenvalue weighted by Crippen LogP contribution is -2.48. The number of hydrogen-bond acceptors (Lipinski definition) is 11. The quantitative estimate of drug-likeness (QED) is 0.146. The molecule has 12 nitrogen and oxygen atoms in total. The minimum atomic E-state index is -3.88. The van der Waals surface area contributed by atoms with Crippen LogP contribution in [0.2, 0.25) is 98.2 Å². The van der Waals surface area contributed by atoms with E-state index >= 15 is 0 Å². The van der Waals surface area contributed by atoms with E-state index in [9.17, 15) is 4.57 Å². The molecular formula is C25H53N4O8PSi5. The van der Waals surface area contributed by atoms with Crippen molar-refractivity contribution >= 4 is 60.6 Å². The highest BCUT2D eigenvalue weighted by Gasteiger charge is 2.51. The van der Waals surface area contributed by atoms with Gasteiger partial charge in [-0.25, -0.2) is 19.5 Å². The Hall–Kier alpha value is -0.576. The van der Waals surface area contributed by atoms with Crippen LogP contribution in [-0.2, 0) is 31.1 Å². The molecule has 43 heavy (non-hydrogen) atoms. The second-order valence-electron chi connectivity index (χ2n) is 15.8. The lowest BCUT2D eigenvalue weighted by molar-refractivity contribution is -0.0473. The van der Waals surface area contributed by atoms with Crippen molar-refractivity contribution in [3.63, 3.8) is 0 Å². The van der Waals surface area contributed by atoms with E-state index < -0.39 is 73.9 Å². The first-order valence-electron chi connectivity index (χ1n) is 14.8. The van der Waals surface area contributed by atoms with Crippen LogP contribution in [0.5, 0.6) is 5.88 Å². The van der Waals surface area contributed by atoms with Crippen LogP contribution in [0.1, 0.15) is 6.23 Å². The third-order valence-electron chi connectivity index (χ3n) is 5.44. The number of imidazole rings is 1. The zero-order valence-electron chi connectivity index (χ0n) is 28.7. The third-order valence-corrected chi connectivity index (χ3v) is 14.8. The van der Waals surface area contributed by atoms with Gasteiger partial charge in [0.2, 0.25) is 14.2 Å². The zero-order chi connectivity index (χ0) is 32.8. The summed E-state index contributed by atoms with van der Waals surface area (Å²) < 4.78 is 60.5. The predicted octanol–water partition coefficient (Wildman–Crippen LogP) is 7.21. The zero-order valence-corrected chi connectivity index (χ0v) is 34.6. The van der Waals surface area contributed by atoms with Crippen molar-refractivity contribution < 1.29 is 35.5 Å². The number of ether oxygens (including phenoxy) is 1. The summed E-state index contributed by atoms with van der Waals surface area (Å²) in [4.78, 5) is 13.6. The van der Waals surface area contributed by atoms with Crippen LogP contribution in [0, 0.1) is 0 Å². The van der Waals surface area contributed by atoms with E-state index in [0.717, 1.165) is 0 Å². The van der Waals surface area contributed by atoms with Crippen LogP contribution < -0.4 is 4.43 Å². The molecular weight excluding hydrogens is 656 g/mol. The molecule has 3 heterocycles. The van der Waals surface area contributed by atoms with Gasteiger partial charge in [0.05, 0.1) is 12.9 Å². The number of phosphoric acid groups is 1. The largest absolute Gasteiger partial charge is 0.530 e. The summed E-state index contributed by atoms with van der Waals surface area (Å²) in [5, 5.41) is 0. The smallest absolute Gasteiger partial charge is 0.455 e. The van der Waals surface area contributed by atoms with Crippen molar-refractivity contribution in [1.29, 1.82) is 0 Å². The summed E-state index contributed by atoms with van der Waals surface area (Å²) in [5.74, 6) is 0.450. The molecule has 0 aliphatic carbocycles. The first-order chi connectivity index (χ1) is 19.2. The Labute approximate surface area is 262 Å². The number of fused-ring (bicyclic) bond motifs is 1. The highest BCUT2D eigenvalue weighted by Crippen LogP contribution is 2.54. The van der Waals surface area contributed by atoms with Crippen molar-refractivity contribution in [2.75, 3.05) is 6.61 Å². The maximum atomic E-state index is 14.0. The second-order valence-corrected chi connectivity index (χ2v) is 40.2. The van der Waals surface area contributed by atoms with Crippen molar-refractivity contribution in [2.24, 2.45) is 0 Å². The standard InChI is InChI=1S/C25H53N4O8PSi5/c1-39(2,3)33-21-19(16-31-38(30,36-42(10,11)12)37-43(13,14)15)32-25(22(21)34-40(4,5)6)29-18-28-20-23(29)26-17-27-24(20)35-41(7,8)9/h17-19,21-22,25H,16H2,1-15H3. The first-order valence-corrected chi connectivity index (χ1v) is 33.3. The van der Waals surface area contributed by atoms with Gasteiger partial charge in [0.1, 0.15) is 24.6 Å². The van der Waals surface area contributed by atoms with E-state index in [0.29, 0.717) is 17.0 Å². The summed E-state index contributed by atoms with van der Waals surface area (Å²) in [6, 6.07) is 0. The van der Waals surface area contributed by atoms with E-state index in [2.05, 4.69) is 73.9 Å². The fourth-order valence-corrected chi connectivity index (χ4v) is 13.9. The fraction of sp³-hybridized carbons (Fsp3) is 0.800. The van der Waals surface area contributed by atoms with Gasteiger partial charge in [0, 0.05) is 0 Å². The monoisotopic (exact) mass is 708 g/mol. The molecule has 1 aliphatic rings. The van der Waals surface area contributed by atoms with Crippen LogP contribution in [-0.4, -0.2) is 86.0 Å². The summed E-state index contributed by atoms with van der Waals surface area (Å²) in [6.07, 6.45) is 0.886. The Morgan fingerprint density at radius 2 is 1.28 bits per heavy atom. The summed E-state index contributed by atoms with van der Waals surface area (Å²) in [6.45, 7) is 30.7. The number of hydrogen-bond donors (Lipinski definition) is 0. The number of rotatable bonds is 14. The van der Waals surface area contributed by atoms with Crippen LogP contribution >= 0.6 is 7.82 Å². The minimum absolute atomic E-state index is 0.0605. The summed E-state index contributed by atoms with van der Waals surface area (Å²) >= 11 is 0. The van der Waals surface area contributed by atoms with Crippen molar-refractivity contribution in [2.45, 2.75) is 123 Å². The van der Waals surface area contributed by atoms with Gasteiger partial charge in [0.25, 0.3) is 0 Å². The molecule has 0 aromatic carbocycles. The topological polar surface area (TPSA) is 125 Å². The molecule has 3 rings (SSSR count). The van der Waals surface area contributed by atoms with Crippen LogP contribution in [0.15, 0.2) is 12.7 Å². The van der Waals surface area contributed by atoms with Gasteiger partial charge in [-0.3, -0.25) is 9.09 Å². The molecule has 4 unspecified atom stereocenters. The molecule has 18 heteroatoms. The van der Waals surface area contributed by atoms with E-state index in [-0.39, 0.29) is 6.61 Å². The first kappa shape index (κ1) is 36.9. The molecule has 0 N–H and O–H groups in total. The minimum Gasteiger partial charge on any atom is -0.530 e. The van der Waals surface area contributed by atoms with Gasteiger partial charge >= 0.3 is 7.82 Å². The molecule has 0 amide bonds. The average Bonchev–Trinajstić information content (AvgIpc) is 3.29. The lowest BCUT2D eigenvalue weighted by atomic mass is 10.1. The molecule has 0 spiro atoms. The van der Waals surface area contributed by atoms with Crippen molar-refractivity contribution in [3.05, 3.63) is 12.7 Å². The molecule has 0 radical (unpaired) electrons. The van der Waals surface area contributed by atoms with Crippen molar-refractivity contribution in [3.8, 4) is 5.88 Å². The van der Waals surface area contributed by atoms with Gasteiger partial charge in [0.15, 0.2) is 50.7 Å². The van der Waals surface area contributed by atoms with Crippen LogP contribution in [0.3, 0.4) is 0 Å². The molecule has 246 valence electrons. The van der Waals surface area contributed by atoms with Crippen molar-refractivity contribution in [1.82, 2.24) is 19.5 Å². The molecule has 1 aliphatic heterocycles. The predicted molar refractivity (Wildman–Crippen MR) is 182 cm³/mol. The Balaban J connectivity index is 2.06. The van der Waals surface area contributed by atoms with Gasteiger partial charge in [-0.15, -0.1) is 0 Å². The van der Waals surface area contributed by atoms with Gasteiger partial charge in [-0.05, 0) is 98.2 Å². The highest BCUT2D eigenvalue weighted by atomic mass is 31.2. The molecule has 2 aromatic rings. The second kappa shape index (κ2) is 12.9. The Bertz CT molecular complexity index is 1280. The molecule has 1 fully saturated rings. The maximum Gasteiger partial charge on any atom is 0.455 e. The highest BCUT2D eigenvalue weighted by molar-refractivity contribution is 7.52. The molecule has 0 bridgehead atoms. The maximum absolute atomic E-state index is 14.0. The molecule has 0 saturated carbocycles. The number of nitrogens with zero attached hydrogens (tertiary/aromatic N) is 4. The Kier molecular flexibility index (Phi) is 11.1. The summed E-state index contributed by atoms with van der Waals surface area (Å²) in [5.41, 5.74) is 1.12. The lowest BCUT2D eigenvalue weighted by Gasteiger charge is -2.34. The molecule has 4 atom stereocenters. The normalized spacial score (nSPS) is 22.9. The summed E-state index contributed by atoms with van der Waals surface area (Å²) in [7, 11) is -14.7. The number of aromatic nitrogens is 4. The van der Waals surface area contributed by atoms with E-state index in [1.54, 1.807) is 6.33 Å². The van der Waals surface area contributed by atoms with E-state index in [1.165, 1.54) is 6.33 Å². The molecule has 2 aromatic heterocycles. The third kappa shape index (κ3) is 11.3. The van der Waals surface area contributed by atoms with E-state index in [4.69, 9.17) is 31.0 Å². The fourth-order valence-electron chi connectivity index (χ4n) is 4.44. The van der Waals surface area contributed by atoms with Crippen LogP contribution in [0.25, 0.3) is 11.2 Å². The molecule has 1 saturated heterocycles. The van der Waals surface area contributed by atoms with Gasteiger partial charge < -0.3 is 26.4 Å². The SMILES string of the molecule is C[Si](C)(C)Oc1ncnc2c1ncn2C1OC(COP(=O)(O[Si](C)(C)C)O[Si](C)(C)C)C(O[Si](C)(C)C)C1O[Si](C)(C)C. The van der Waals surface area contributed by atoms with E-state index in [1.807, 2.05) is 43.8 Å². The van der Waals surface area contributed by atoms with Crippen LogP contribution in [0.4, 0.5) is 0 Å². The van der Waals surface area contributed by atoms with Gasteiger partial charge in [-0.2, -0.15) is 0 Å². The Morgan fingerprint density at radius 3 is 1.77 bits per heavy atom. The van der Waals surface area contributed by atoms with Gasteiger partial charge in [-0.1, -0.05) is 0 Å². The average molecular weight is 709 g/mol.